The first-order chi connectivity index (χ1) is 10.8. The van der Waals surface area contributed by atoms with Crippen LogP contribution in [0.3, 0.4) is 0 Å². The van der Waals surface area contributed by atoms with Crippen LogP contribution in [-0.4, -0.2) is 27.8 Å². The fourth-order valence-corrected chi connectivity index (χ4v) is 2.16. The average molecular weight is 298 g/mol. The number of aryl methyl sites for hydroxylation is 1. The van der Waals surface area contributed by atoms with E-state index in [0.717, 1.165) is 22.6 Å². The van der Waals surface area contributed by atoms with Crippen LogP contribution in [0.2, 0.25) is 0 Å². The van der Waals surface area contributed by atoms with Crippen LogP contribution in [0, 0.1) is 0 Å². The minimum Gasteiger partial charge on any atom is -0.459 e. The van der Waals surface area contributed by atoms with Crippen LogP contribution in [0.25, 0.3) is 11.0 Å². The number of nitrogens with zero attached hydrogens (tertiary/aromatic N) is 4. The predicted molar refractivity (Wildman–Crippen MR) is 84.3 cm³/mol. The number of hydrogen-bond donors (Lipinski definition) is 2. The van der Waals surface area contributed by atoms with E-state index in [1.165, 1.54) is 6.33 Å². The number of para-hydroxylation sites is 1. The SMILES string of the molecule is CN=C(NCc1cc2ccccc2o1)NCc1ncnn1C. The van der Waals surface area contributed by atoms with Crippen molar-refractivity contribution in [2.24, 2.45) is 12.0 Å². The first-order valence-electron chi connectivity index (χ1n) is 7.01. The maximum Gasteiger partial charge on any atom is 0.191 e. The van der Waals surface area contributed by atoms with Gasteiger partial charge in [0.2, 0.25) is 0 Å². The second-order valence-electron chi connectivity index (χ2n) is 4.83. The first kappa shape index (κ1) is 14.1. The van der Waals surface area contributed by atoms with Crippen LogP contribution in [0.4, 0.5) is 0 Å². The number of rotatable bonds is 4. The number of furan rings is 1. The van der Waals surface area contributed by atoms with Gasteiger partial charge in [0.25, 0.3) is 0 Å². The smallest absolute Gasteiger partial charge is 0.191 e. The third-order valence-electron chi connectivity index (χ3n) is 3.35. The molecule has 0 atom stereocenters. The van der Waals surface area contributed by atoms with Gasteiger partial charge in [-0.15, -0.1) is 0 Å². The molecule has 0 aliphatic rings. The summed E-state index contributed by atoms with van der Waals surface area (Å²) in [5.74, 6) is 2.39. The van der Waals surface area contributed by atoms with Crippen molar-refractivity contribution >= 4 is 16.9 Å². The molecule has 2 aromatic heterocycles. The van der Waals surface area contributed by atoms with Crippen LogP contribution >= 0.6 is 0 Å². The molecule has 2 heterocycles. The minimum atomic E-state index is 0.552. The quantitative estimate of drug-likeness (QED) is 0.562. The van der Waals surface area contributed by atoms with E-state index in [1.54, 1.807) is 11.7 Å². The second-order valence-corrected chi connectivity index (χ2v) is 4.83. The summed E-state index contributed by atoms with van der Waals surface area (Å²) in [4.78, 5) is 8.34. The van der Waals surface area contributed by atoms with Gasteiger partial charge in [0.05, 0.1) is 13.1 Å². The molecule has 0 aliphatic carbocycles. The Labute approximate surface area is 128 Å². The topological polar surface area (TPSA) is 80.3 Å². The Morgan fingerprint density at radius 2 is 2.09 bits per heavy atom. The molecule has 2 N–H and O–H groups in total. The lowest BCUT2D eigenvalue weighted by Crippen LogP contribution is -2.36. The van der Waals surface area contributed by atoms with Gasteiger partial charge in [0, 0.05) is 19.5 Å². The molecule has 0 amide bonds. The molecule has 0 aliphatic heterocycles. The second kappa shape index (κ2) is 6.30. The molecule has 114 valence electrons. The Bertz CT molecular complexity index is 755. The fraction of sp³-hybridized carbons (Fsp3) is 0.267. The van der Waals surface area contributed by atoms with E-state index in [-0.39, 0.29) is 0 Å². The van der Waals surface area contributed by atoms with Crippen molar-refractivity contribution in [1.82, 2.24) is 25.4 Å². The van der Waals surface area contributed by atoms with E-state index in [1.807, 2.05) is 37.4 Å². The van der Waals surface area contributed by atoms with E-state index in [2.05, 4.69) is 25.7 Å². The van der Waals surface area contributed by atoms with E-state index in [4.69, 9.17) is 4.42 Å². The summed E-state index contributed by atoms with van der Waals surface area (Å²) >= 11 is 0. The van der Waals surface area contributed by atoms with Gasteiger partial charge in [0.15, 0.2) is 5.96 Å². The number of aliphatic imine (C=N–C) groups is 1. The van der Waals surface area contributed by atoms with Crippen molar-refractivity contribution in [2.75, 3.05) is 7.05 Å². The zero-order valence-electron chi connectivity index (χ0n) is 12.6. The number of guanidine groups is 1. The molecule has 0 radical (unpaired) electrons. The zero-order valence-corrected chi connectivity index (χ0v) is 12.6. The number of benzene rings is 1. The van der Waals surface area contributed by atoms with E-state index >= 15 is 0 Å². The molecule has 7 heteroatoms. The number of fused-ring (bicyclic) bond motifs is 1. The molecule has 0 saturated heterocycles. The Morgan fingerprint density at radius 3 is 2.82 bits per heavy atom. The van der Waals surface area contributed by atoms with Gasteiger partial charge >= 0.3 is 0 Å². The van der Waals surface area contributed by atoms with Gasteiger partial charge in [-0.05, 0) is 12.1 Å². The van der Waals surface area contributed by atoms with Crippen LogP contribution in [0.1, 0.15) is 11.6 Å². The summed E-state index contributed by atoms with van der Waals surface area (Å²) in [5.41, 5.74) is 0.890. The average Bonchev–Trinajstić information content (AvgIpc) is 3.13. The highest BCUT2D eigenvalue weighted by molar-refractivity contribution is 5.80. The third-order valence-corrected chi connectivity index (χ3v) is 3.35. The molecule has 0 unspecified atom stereocenters. The predicted octanol–water partition coefficient (Wildman–Crippen LogP) is 1.43. The van der Waals surface area contributed by atoms with E-state index in [9.17, 15) is 0 Å². The first-order valence-corrected chi connectivity index (χ1v) is 7.01. The van der Waals surface area contributed by atoms with Crippen molar-refractivity contribution < 1.29 is 4.42 Å². The van der Waals surface area contributed by atoms with Gasteiger partial charge < -0.3 is 15.1 Å². The lowest BCUT2D eigenvalue weighted by molar-refractivity contribution is 0.538. The van der Waals surface area contributed by atoms with Gasteiger partial charge in [-0.2, -0.15) is 5.10 Å². The molecular formula is C15H18N6O. The standard InChI is InChI=1S/C15H18N6O/c1-16-15(18-9-14-19-10-20-21(14)2)17-8-12-7-11-5-3-4-6-13(11)22-12/h3-7,10H,8-9H2,1-2H3,(H2,16,17,18). The van der Waals surface area contributed by atoms with Crippen molar-refractivity contribution in [3.05, 3.63) is 48.2 Å². The molecule has 0 bridgehead atoms. The third kappa shape index (κ3) is 3.08. The van der Waals surface area contributed by atoms with Crippen molar-refractivity contribution in [3.8, 4) is 0 Å². The fourth-order valence-electron chi connectivity index (χ4n) is 2.16. The summed E-state index contributed by atoms with van der Waals surface area (Å²) in [5, 5.41) is 11.5. The molecule has 3 rings (SSSR count). The molecule has 1 aromatic carbocycles. The largest absolute Gasteiger partial charge is 0.459 e. The molecule has 22 heavy (non-hydrogen) atoms. The van der Waals surface area contributed by atoms with Crippen LogP contribution in [-0.2, 0) is 20.1 Å². The molecule has 3 aromatic rings. The molecule has 7 nitrogen and oxygen atoms in total. The van der Waals surface area contributed by atoms with Crippen LogP contribution in [0.15, 0.2) is 46.1 Å². The van der Waals surface area contributed by atoms with Gasteiger partial charge in [0.1, 0.15) is 23.5 Å². The number of nitrogens with one attached hydrogen (secondary N) is 2. The van der Waals surface area contributed by atoms with Crippen LogP contribution in [0.5, 0.6) is 0 Å². The van der Waals surface area contributed by atoms with Gasteiger partial charge in [-0.3, -0.25) is 9.67 Å². The Kier molecular flexibility index (Phi) is 4.04. The van der Waals surface area contributed by atoms with E-state index in [0.29, 0.717) is 19.0 Å². The highest BCUT2D eigenvalue weighted by Gasteiger charge is 2.05. The van der Waals surface area contributed by atoms with Crippen molar-refractivity contribution in [1.29, 1.82) is 0 Å². The Balaban J connectivity index is 1.58. The number of aromatic nitrogens is 3. The monoisotopic (exact) mass is 298 g/mol. The summed E-state index contributed by atoms with van der Waals surface area (Å²) < 4.78 is 7.48. The number of hydrogen-bond acceptors (Lipinski definition) is 4. The minimum absolute atomic E-state index is 0.552. The summed E-state index contributed by atoms with van der Waals surface area (Å²) in [6, 6.07) is 9.97. The summed E-state index contributed by atoms with van der Waals surface area (Å²) in [7, 11) is 3.58. The van der Waals surface area contributed by atoms with Crippen LogP contribution < -0.4 is 10.6 Å². The van der Waals surface area contributed by atoms with Crippen molar-refractivity contribution in [2.45, 2.75) is 13.1 Å². The summed E-state index contributed by atoms with van der Waals surface area (Å²) in [6.45, 7) is 1.11. The van der Waals surface area contributed by atoms with E-state index < -0.39 is 0 Å². The van der Waals surface area contributed by atoms with Crippen molar-refractivity contribution in [3.63, 3.8) is 0 Å². The molecule has 0 fully saturated rings. The lowest BCUT2D eigenvalue weighted by atomic mass is 10.2. The Hall–Kier alpha value is -2.83. The normalized spacial score (nSPS) is 11.8. The molecule has 0 saturated carbocycles. The molecule has 0 spiro atoms. The maximum absolute atomic E-state index is 5.76. The zero-order chi connectivity index (χ0) is 15.4. The molecular weight excluding hydrogens is 280 g/mol. The highest BCUT2D eigenvalue weighted by atomic mass is 16.3. The highest BCUT2D eigenvalue weighted by Crippen LogP contribution is 2.18. The van der Waals surface area contributed by atoms with Gasteiger partial charge in [-0.1, -0.05) is 18.2 Å². The van der Waals surface area contributed by atoms with Gasteiger partial charge in [-0.25, -0.2) is 4.98 Å². The summed E-state index contributed by atoms with van der Waals surface area (Å²) in [6.07, 6.45) is 1.53. The maximum atomic E-state index is 5.76. The lowest BCUT2D eigenvalue weighted by Gasteiger charge is -2.10. The Morgan fingerprint density at radius 1 is 1.27 bits per heavy atom.